The third kappa shape index (κ3) is 3.52. The SMILES string of the molecule is COC(=O)c1cncc(-c2ccc(OC)c(OC(C)C)c2)n1. The Kier molecular flexibility index (Phi) is 4.93. The van der Waals surface area contributed by atoms with Crippen LogP contribution < -0.4 is 9.47 Å². The number of aromatic nitrogens is 2. The van der Waals surface area contributed by atoms with Crippen LogP contribution in [0.4, 0.5) is 0 Å². The summed E-state index contributed by atoms with van der Waals surface area (Å²) in [5.41, 5.74) is 1.48. The van der Waals surface area contributed by atoms with Gasteiger partial charge in [0.1, 0.15) is 0 Å². The molecular weight excluding hydrogens is 284 g/mol. The number of methoxy groups -OCH3 is 2. The highest BCUT2D eigenvalue weighted by Gasteiger charge is 2.13. The molecule has 0 saturated heterocycles. The maximum absolute atomic E-state index is 11.5. The van der Waals surface area contributed by atoms with Gasteiger partial charge in [-0.05, 0) is 32.0 Å². The zero-order valence-electron chi connectivity index (χ0n) is 13.0. The first-order chi connectivity index (χ1) is 10.5. The Balaban J connectivity index is 2.42. The van der Waals surface area contributed by atoms with Crippen molar-refractivity contribution in [2.45, 2.75) is 20.0 Å². The Morgan fingerprint density at radius 1 is 1.14 bits per heavy atom. The third-order valence-electron chi connectivity index (χ3n) is 2.85. The summed E-state index contributed by atoms with van der Waals surface area (Å²) < 4.78 is 15.7. The van der Waals surface area contributed by atoms with Crippen molar-refractivity contribution >= 4 is 5.97 Å². The summed E-state index contributed by atoms with van der Waals surface area (Å²) in [6, 6.07) is 5.43. The molecule has 0 bridgehead atoms. The second kappa shape index (κ2) is 6.89. The van der Waals surface area contributed by atoms with Crippen LogP contribution in [0.1, 0.15) is 24.3 Å². The Labute approximate surface area is 129 Å². The number of hydrogen-bond donors (Lipinski definition) is 0. The zero-order chi connectivity index (χ0) is 16.1. The number of carbonyl (C=O) groups is 1. The van der Waals surface area contributed by atoms with E-state index in [9.17, 15) is 4.79 Å². The third-order valence-corrected chi connectivity index (χ3v) is 2.85. The number of benzene rings is 1. The topological polar surface area (TPSA) is 70.5 Å². The molecule has 1 aromatic heterocycles. The van der Waals surface area contributed by atoms with Crippen molar-refractivity contribution in [2.75, 3.05) is 14.2 Å². The van der Waals surface area contributed by atoms with Crippen molar-refractivity contribution in [3.63, 3.8) is 0 Å². The number of hydrogen-bond acceptors (Lipinski definition) is 6. The largest absolute Gasteiger partial charge is 0.493 e. The van der Waals surface area contributed by atoms with Gasteiger partial charge in [-0.2, -0.15) is 0 Å². The molecule has 0 fully saturated rings. The van der Waals surface area contributed by atoms with Gasteiger partial charge in [-0.3, -0.25) is 4.98 Å². The first-order valence-corrected chi connectivity index (χ1v) is 6.80. The number of nitrogens with zero attached hydrogens (tertiary/aromatic N) is 2. The Hall–Kier alpha value is -2.63. The molecule has 0 unspecified atom stereocenters. The first-order valence-electron chi connectivity index (χ1n) is 6.80. The molecule has 6 nitrogen and oxygen atoms in total. The summed E-state index contributed by atoms with van der Waals surface area (Å²) >= 11 is 0. The van der Waals surface area contributed by atoms with E-state index in [1.54, 1.807) is 19.4 Å². The van der Waals surface area contributed by atoms with E-state index in [0.717, 1.165) is 5.56 Å². The lowest BCUT2D eigenvalue weighted by Gasteiger charge is -2.14. The summed E-state index contributed by atoms with van der Waals surface area (Å²) in [7, 11) is 2.89. The molecule has 0 radical (unpaired) electrons. The van der Waals surface area contributed by atoms with Gasteiger partial charge in [0.25, 0.3) is 0 Å². The molecule has 0 aliphatic carbocycles. The fraction of sp³-hybridized carbons (Fsp3) is 0.312. The van der Waals surface area contributed by atoms with Gasteiger partial charge in [-0.1, -0.05) is 0 Å². The number of rotatable bonds is 5. The molecule has 1 aromatic carbocycles. The van der Waals surface area contributed by atoms with Crippen molar-refractivity contribution in [1.82, 2.24) is 9.97 Å². The van der Waals surface area contributed by atoms with E-state index in [1.807, 2.05) is 26.0 Å². The van der Waals surface area contributed by atoms with Crippen LogP contribution in [0, 0.1) is 0 Å². The van der Waals surface area contributed by atoms with Gasteiger partial charge in [0.05, 0.1) is 38.4 Å². The normalized spacial score (nSPS) is 10.4. The monoisotopic (exact) mass is 302 g/mol. The van der Waals surface area contributed by atoms with E-state index in [2.05, 4.69) is 14.7 Å². The van der Waals surface area contributed by atoms with Gasteiger partial charge in [0, 0.05) is 5.56 Å². The average molecular weight is 302 g/mol. The van der Waals surface area contributed by atoms with Gasteiger partial charge >= 0.3 is 5.97 Å². The highest BCUT2D eigenvalue weighted by Crippen LogP contribution is 2.32. The van der Waals surface area contributed by atoms with E-state index < -0.39 is 5.97 Å². The van der Waals surface area contributed by atoms with Gasteiger partial charge < -0.3 is 14.2 Å². The molecule has 0 amide bonds. The maximum atomic E-state index is 11.5. The van der Waals surface area contributed by atoms with Crippen LogP contribution in [-0.2, 0) is 4.74 Å². The van der Waals surface area contributed by atoms with E-state index in [1.165, 1.54) is 13.3 Å². The highest BCUT2D eigenvalue weighted by molar-refractivity contribution is 5.87. The Bertz CT molecular complexity index is 671. The van der Waals surface area contributed by atoms with Crippen LogP contribution in [0.25, 0.3) is 11.3 Å². The van der Waals surface area contributed by atoms with Gasteiger partial charge in [0.15, 0.2) is 17.2 Å². The van der Waals surface area contributed by atoms with E-state index in [0.29, 0.717) is 17.2 Å². The molecule has 0 aliphatic heterocycles. The molecule has 0 spiro atoms. The van der Waals surface area contributed by atoms with E-state index in [-0.39, 0.29) is 11.8 Å². The molecule has 0 saturated carbocycles. The molecule has 1 heterocycles. The smallest absolute Gasteiger partial charge is 0.358 e. The fourth-order valence-electron chi connectivity index (χ4n) is 1.89. The lowest BCUT2D eigenvalue weighted by Crippen LogP contribution is -2.07. The van der Waals surface area contributed by atoms with Gasteiger partial charge in [0.2, 0.25) is 0 Å². The van der Waals surface area contributed by atoms with Crippen LogP contribution in [0.2, 0.25) is 0 Å². The molecule has 0 aliphatic rings. The standard InChI is InChI=1S/C16H18N2O4/c1-10(2)22-15-7-11(5-6-14(15)20-3)12-8-17-9-13(18-12)16(19)21-4/h5-10H,1-4H3. The summed E-state index contributed by atoms with van der Waals surface area (Å²) in [4.78, 5) is 19.8. The zero-order valence-corrected chi connectivity index (χ0v) is 13.0. The van der Waals surface area contributed by atoms with Crippen molar-refractivity contribution in [1.29, 1.82) is 0 Å². The molecule has 2 rings (SSSR count). The maximum Gasteiger partial charge on any atom is 0.358 e. The lowest BCUT2D eigenvalue weighted by atomic mass is 10.1. The van der Waals surface area contributed by atoms with Crippen LogP contribution in [0.3, 0.4) is 0 Å². The molecule has 2 aromatic rings. The second-order valence-electron chi connectivity index (χ2n) is 4.81. The molecule has 6 heteroatoms. The minimum absolute atomic E-state index is 0.0108. The highest BCUT2D eigenvalue weighted by atomic mass is 16.5. The van der Waals surface area contributed by atoms with Crippen molar-refractivity contribution in [2.24, 2.45) is 0 Å². The Morgan fingerprint density at radius 2 is 1.91 bits per heavy atom. The lowest BCUT2D eigenvalue weighted by molar-refractivity contribution is 0.0593. The first kappa shape index (κ1) is 15.8. The van der Waals surface area contributed by atoms with Gasteiger partial charge in [-0.25, -0.2) is 9.78 Å². The minimum Gasteiger partial charge on any atom is -0.493 e. The van der Waals surface area contributed by atoms with Crippen LogP contribution >= 0.6 is 0 Å². The summed E-state index contributed by atoms with van der Waals surface area (Å²) in [5.74, 6) is 0.719. The molecule has 116 valence electrons. The molecular formula is C16H18N2O4. The van der Waals surface area contributed by atoms with E-state index >= 15 is 0 Å². The molecule has 0 atom stereocenters. The van der Waals surface area contributed by atoms with Crippen LogP contribution in [0.15, 0.2) is 30.6 Å². The predicted molar refractivity (Wildman–Crippen MR) is 81.1 cm³/mol. The molecule has 22 heavy (non-hydrogen) atoms. The summed E-state index contributed by atoms with van der Waals surface area (Å²) in [6.45, 7) is 3.87. The van der Waals surface area contributed by atoms with Crippen molar-refractivity contribution in [3.8, 4) is 22.8 Å². The van der Waals surface area contributed by atoms with Gasteiger partial charge in [-0.15, -0.1) is 0 Å². The van der Waals surface area contributed by atoms with Crippen LogP contribution in [-0.4, -0.2) is 36.3 Å². The number of esters is 1. The quantitative estimate of drug-likeness (QED) is 0.791. The van der Waals surface area contributed by atoms with Crippen LogP contribution in [0.5, 0.6) is 11.5 Å². The number of ether oxygens (including phenoxy) is 3. The van der Waals surface area contributed by atoms with E-state index in [4.69, 9.17) is 9.47 Å². The number of carbonyl (C=O) groups excluding carboxylic acids is 1. The minimum atomic E-state index is -0.526. The van der Waals surface area contributed by atoms with Crippen molar-refractivity contribution < 1.29 is 19.0 Å². The summed E-state index contributed by atoms with van der Waals surface area (Å²) in [6.07, 6.45) is 2.95. The predicted octanol–water partition coefficient (Wildman–Crippen LogP) is 2.73. The summed E-state index contributed by atoms with van der Waals surface area (Å²) in [5, 5.41) is 0. The molecule has 0 N–H and O–H groups in total. The Morgan fingerprint density at radius 3 is 2.55 bits per heavy atom. The average Bonchev–Trinajstić information content (AvgIpc) is 2.53. The second-order valence-corrected chi connectivity index (χ2v) is 4.81. The van der Waals surface area contributed by atoms with Crippen molar-refractivity contribution in [3.05, 3.63) is 36.3 Å². The fourth-order valence-corrected chi connectivity index (χ4v) is 1.89.